The van der Waals surface area contributed by atoms with Crippen molar-refractivity contribution in [2.75, 3.05) is 109 Å². The average Bonchev–Trinajstić information content (AvgIpc) is 1.73. The number of carbonyl (C=O) groups excluding carboxylic acids is 3. The molecule has 87 heavy (non-hydrogen) atoms. The molecule has 3 aromatic carbocycles. The first-order valence-electron chi connectivity index (χ1n) is 28.0. The number of imide groups is 1. The summed E-state index contributed by atoms with van der Waals surface area (Å²) in [6.45, 7) is 10.4. The number of carbonyl (C=O) groups is 3. The van der Waals surface area contributed by atoms with Crippen molar-refractivity contribution in [3.8, 4) is 5.75 Å². The van der Waals surface area contributed by atoms with Crippen molar-refractivity contribution in [3.63, 3.8) is 0 Å². The van der Waals surface area contributed by atoms with E-state index in [1.54, 1.807) is 30.8 Å². The predicted octanol–water partition coefficient (Wildman–Crippen LogP) is -0.222. The first kappa shape index (κ1) is 73.7. The first-order chi connectivity index (χ1) is 40.4. The predicted molar refractivity (Wildman–Crippen MR) is 310 cm³/mol. The Morgan fingerprint density at radius 2 is 1.31 bits per heavy atom. The molecule has 0 spiro atoms. The van der Waals surface area contributed by atoms with Crippen LogP contribution in [-0.2, 0) is 83.4 Å². The van der Waals surface area contributed by atoms with Gasteiger partial charge in [0.15, 0.2) is 5.71 Å². The number of benzene rings is 3. The van der Waals surface area contributed by atoms with Gasteiger partial charge in [-0.3, -0.25) is 9.59 Å². The van der Waals surface area contributed by atoms with Crippen LogP contribution in [0, 0.1) is 0 Å². The Bertz CT molecular complexity index is 3390. The van der Waals surface area contributed by atoms with Crippen molar-refractivity contribution < 1.29 is 155 Å². The van der Waals surface area contributed by atoms with E-state index in [4.69, 9.17) is 38.0 Å². The fourth-order valence-corrected chi connectivity index (χ4v) is 12.0. The van der Waals surface area contributed by atoms with E-state index in [-0.39, 0.29) is 117 Å². The fraction of sp³-hybridized carbons (Fsp3) is 0.492. The molecule has 0 N–H and O–H groups in total. The minimum Gasteiger partial charge on any atom is -0.748 e. The Morgan fingerprint density at radius 3 is 1.90 bits per heavy atom. The molecular formula is C59H73N3Na2O20S3. The molecule has 0 aromatic heterocycles. The van der Waals surface area contributed by atoms with Crippen molar-refractivity contribution >= 4 is 82.1 Å². The Labute approximate surface area is 553 Å². The molecule has 2 amide bonds. The third kappa shape index (κ3) is 21.3. The van der Waals surface area contributed by atoms with Gasteiger partial charge in [0.2, 0.25) is 5.69 Å². The largest absolute Gasteiger partial charge is 1.00 e. The maximum absolute atomic E-state index is 13.1. The molecule has 1 fully saturated rings. The number of methoxy groups -OCH3 is 1. The molecule has 1 saturated heterocycles. The third-order valence-electron chi connectivity index (χ3n) is 14.6. The summed E-state index contributed by atoms with van der Waals surface area (Å²) < 4.78 is 150. The molecule has 7 rings (SSSR count). The smallest absolute Gasteiger partial charge is 0.748 e. The zero-order chi connectivity index (χ0) is 61.4. The number of amides is 2. The zero-order valence-electron chi connectivity index (χ0n) is 50.2. The van der Waals surface area contributed by atoms with Crippen LogP contribution in [0.4, 0.5) is 11.4 Å². The normalized spacial score (nSPS) is 17.8. The van der Waals surface area contributed by atoms with E-state index in [0.29, 0.717) is 124 Å². The minimum absolute atomic E-state index is 0. The number of ether oxygens (including phenoxy) is 7. The van der Waals surface area contributed by atoms with E-state index >= 15 is 0 Å². The summed E-state index contributed by atoms with van der Waals surface area (Å²) >= 11 is 0. The summed E-state index contributed by atoms with van der Waals surface area (Å²) in [5.41, 5.74) is 3.91. The summed E-state index contributed by atoms with van der Waals surface area (Å²) in [5.74, 6) is -2.53. The van der Waals surface area contributed by atoms with Gasteiger partial charge in [0.05, 0.1) is 109 Å². The van der Waals surface area contributed by atoms with E-state index in [1.807, 2.05) is 73.4 Å². The monoisotopic (exact) mass is 1290 g/mol. The van der Waals surface area contributed by atoms with E-state index in [9.17, 15) is 53.3 Å². The number of rotatable bonds is 35. The SMILES string of the molecule is COCCOCCOCCOCCOCCOCCC1=CC(C)(C)N(CCCS(=O)(=O)[O-])c2cc3c(cc21)C(=CC=CC1=[N+](CCCS(=O)(=O)[O-])c2ccc(S(=O)(=O)[O-])cc2C1(C)CCCC(=O)ON1C(=O)CCC1=O)C=C(c1ccccc1)O3.[Na+].[Na+]. The van der Waals surface area contributed by atoms with Crippen LogP contribution < -0.4 is 68.8 Å². The number of hydrogen-bond acceptors (Lipinski definition) is 21. The van der Waals surface area contributed by atoms with E-state index in [1.165, 1.54) is 12.1 Å². The maximum atomic E-state index is 13.1. The molecule has 0 aliphatic carbocycles. The first-order valence-corrected chi connectivity index (χ1v) is 32.5. The van der Waals surface area contributed by atoms with Crippen LogP contribution in [0.25, 0.3) is 16.9 Å². The van der Waals surface area contributed by atoms with Crippen molar-refractivity contribution in [2.24, 2.45) is 0 Å². The Kier molecular flexibility index (Phi) is 28.7. The number of hydroxylamine groups is 2. The Morgan fingerprint density at radius 1 is 0.724 bits per heavy atom. The summed E-state index contributed by atoms with van der Waals surface area (Å²) in [7, 11) is -12.6. The van der Waals surface area contributed by atoms with Crippen LogP contribution in [0.15, 0.2) is 95.9 Å². The Hall–Kier alpha value is -4.01. The summed E-state index contributed by atoms with van der Waals surface area (Å²) in [5, 5.41) is 0.443. The standard InChI is InChI=1S/C59H75N3O20S3.2Na/c1-58(2)42-45(21-25-76-28-29-78-32-33-80-35-34-79-31-30-77-27-26-75-4)47-40-48-44(38-52(43-12-6-5-7-13-43)81-53(48)41-51(47)61(58)24-11-37-84(69,70)71)14-8-15-54-59(3,22-9-16-57(65)82-62-55(63)19-20-56(62)64)49-39-46(85(72,73)74)17-18-50(49)60(54)23-10-36-83(66,67)68;;/h5-8,12-15,17-18,38-42H,9-11,16,19-37H2,1-4H3,(H2-,66,67,68,69,70,71,72,73,74);;/q;2*+1/p-2. The van der Waals surface area contributed by atoms with Crippen LogP contribution in [0.5, 0.6) is 5.75 Å². The summed E-state index contributed by atoms with van der Waals surface area (Å²) in [6.07, 6.45) is 9.35. The number of fused-ring (bicyclic) bond motifs is 3. The molecule has 0 radical (unpaired) electrons. The molecule has 0 bridgehead atoms. The van der Waals surface area contributed by atoms with Crippen LogP contribution in [0.1, 0.15) is 94.4 Å². The Balaban J connectivity index is 0.00000690. The molecule has 1 atom stereocenters. The molecule has 4 aliphatic rings. The van der Waals surface area contributed by atoms with Crippen LogP contribution in [0.2, 0.25) is 0 Å². The van der Waals surface area contributed by atoms with Gasteiger partial charge >= 0.3 is 65.1 Å². The number of nitrogens with zero attached hydrogens (tertiary/aromatic N) is 3. The third-order valence-corrected chi connectivity index (χ3v) is 17.0. The molecule has 23 nitrogen and oxygen atoms in total. The molecule has 0 saturated carbocycles. The topological polar surface area (TPSA) is 306 Å². The average molecular weight is 1290 g/mol. The number of hydrogen-bond donors (Lipinski definition) is 0. The minimum atomic E-state index is -5.00. The van der Waals surface area contributed by atoms with Crippen molar-refractivity contribution in [2.45, 2.75) is 88.0 Å². The van der Waals surface area contributed by atoms with Gasteiger partial charge in [-0.25, -0.2) is 30.0 Å². The van der Waals surface area contributed by atoms with Crippen LogP contribution in [-0.4, -0.2) is 182 Å². The summed E-state index contributed by atoms with van der Waals surface area (Å²) in [6, 6.07) is 17.1. The molecule has 4 heterocycles. The van der Waals surface area contributed by atoms with E-state index in [2.05, 4.69) is 6.08 Å². The quantitative estimate of drug-likeness (QED) is 0.0242. The van der Waals surface area contributed by atoms with Gasteiger partial charge in [0.1, 0.15) is 28.2 Å². The fourth-order valence-electron chi connectivity index (χ4n) is 10.5. The molecule has 1 unspecified atom stereocenters. The maximum Gasteiger partial charge on any atom is 1.00 e. The van der Waals surface area contributed by atoms with E-state index < -0.39 is 75.5 Å². The van der Waals surface area contributed by atoms with Gasteiger partial charge < -0.3 is 56.6 Å². The number of allylic oxidation sites excluding steroid dienone is 5. The zero-order valence-corrected chi connectivity index (χ0v) is 56.6. The second kappa shape index (κ2) is 33.9. The molecule has 28 heteroatoms. The van der Waals surface area contributed by atoms with Gasteiger partial charge in [-0.05, 0) is 81.9 Å². The second-order valence-electron chi connectivity index (χ2n) is 21.2. The molecular weight excluding hydrogens is 1210 g/mol. The number of anilines is 1. The van der Waals surface area contributed by atoms with Gasteiger partial charge in [-0.2, -0.15) is 4.58 Å². The molecule has 4 aliphatic heterocycles. The van der Waals surface area contributed by atoms with Gasteiger partial charge in [0.25, 0.3) is 11.8 Å². The van der Waals surface area contributed by atoms with Crippen molar-refractivity contribution in [3.05, 3.63) is 113 Å². The summed E-state index contributed by atoms with van der Waals surface area (Å²) in [4.78, 5) is 44.2. The van der Waals surface area contributed by atoms with E-state index in [0.717, 1.165) is 28.5 Å². The van der Waals surface area contributed by atoms with Gasteiger partial charge in [-0.1, -0.05) is 48.6 Å². The molecule has 3 aromatic rings. The molecule has 464 valence electrons. The van der Waals surface area contributed by atoms with Crippen LogP contribution >= 0.6 is 0 Å². The van der Waals surface area contributed by atoms with Crippen LogP contribution in [0.3, 0.4) is 0 Å². The van der Waals surface area contributed by atoms with Gasteiger partial charge in [0, 0.05) is 97.0 Å². The second-order valence-corrected chi connectivity index (χ2v) is 25.7. The van der Waals surface area contributed by atoms with Gasteiger partial charge in [-0.15, -0.1) is 5.06 Å². The van der Waals surface area contributed by atoms with Crippen molar-refractivity contribution in [1.82, 2.24) is 5.06 Å². The van der Waals surface area contributed by atoms with Crippen molar-refractivity contribution in [1.29, 1.82) is 0 Å².